The summed E-state index contributed by atoms with van der Waals surface area (Å²) in [6.07, 6.45) is -9.85. The second-order valence-electron chi connectivity index (χ2n) is 8.24. The highest BCUT2D eigenvalue weighted by molar-refractivity contribution is 6.07. The third kappa shape index (κ3) is 4.71. The van der Waals surface area contributed by atoms with Gasteiger partial charge in [-0.2, -0.15) is 0 Å². The maximum Gasteiger partial charge on any atom is 0.255 e. The number of nitrogens with zero attached hydrogens (tertiary/aromatic N) is 2. The summed E-state index contributed by atoms with van der Waals surface area (Å²) in [6, 6.07) is 10.7. The van der Waals surface area contributed by atoms with Gasteiger partial charge in [0.25, 0.3) is 5.91 Å². The van der Waals surface area contributed by atoms with Crippen molar-refractivity contribution in [3.8, 4) is 5.75 Å². The molecule has 6 heteroatoms. The number of carbonyl (C=O) groups is 3. The van der Waals surface area contributed by atoms with Crippen molar-refractivity contribution in [2.45, 2.75) is 64.1 Å². The molecule has 0 bridgehead atoms. The van der Waals surface area contributed by atoms with E-state index in [-0.39, 0.29) is 43.5 Å². The monoisotopic (exact) mass is 456 g/mol. The number of rotatable bonds is 6. The summed E-state index contributed by atoms with van der Waals surface area (Å²) >= 11 is 0. The maximum absolute atomic E-state index is 13.1. The van der Waals surface area contributed by atoms with Crippen LogP contribution in [-0.2, 0) is 29.3 Å². The van der Waals surface area contributed by atoms with Gasteiger partial charge in [0, 0.05) is 37.8 Å². The zero-order valence-corrected chi connectivity index (χ0v) is 17.9. The molecule has 1 saturated carbocycles. The Morgan fingerprint density at radius 3 is 2.48 bits per heavy atom. The van der Waals surface area contributed by atoms with Crippen molar-refractivity contribution in [3.05, 3.63) is 64.7 Å². The number of benzene rings is 2. The van der Waals surface area contributed by atoms with E-state index in [0.717, 1.165) is 0 Å². The largest absolute Gasteiger partial charge is 0.489 e. The molecule has 3 aliphatic rings. The molecular formula is C27H30N2O4. The highest BCUT2D eigenvalue weighted by atomic mass is 16.5. The zero-order valence-electron chi connectivity index (χ0n) is 27.9. The first-order valence-electron chi connectivity index (χ1n) is 15.8. The summed E-state index contributed by atoms with van der Waals surface area (Å²) < 4.78 is 87.4. The van der Waals surface area contributed by atoms with Crippen LogP contribution in [0.1, 0.15) is 79.1 Å². The van der Waals surface area contributed by atoms with E-state index in [4.69, 9.17) is 18.4 Å². The molecule has 0 aromatic heterocycles. The summed E-state index contributed by atoms with van der Waals surface area (Å²) in [6.45, 7) is -6.68. The maximum atomic E-state index is 13.1. The van der Waals surface area contributed by atoms with Crippen LogP contribution in [0.25, 0.3) is 0 Å². The van der Waals surface area contributed by atoms with Gasteiger partial charge in [0.05, 0.1) is 19.0 Å². The molecule has 2 aromatic carbocycles. The van der Waals surface area contributed by atoms with Gasteiger partial charge in [0.1, 0.15) is 18.1 Å². The topological polar surface area (TPSA) is 66.9 Å². The van der Waals surface area contributed by atoms with E-state index >= 15 is 0 Å². The molecule has 5 rings (SSSR count). The van der Waals surface area contributed by atoms with Crippen LogP contribution < -0.4 is 4.74 Å². The summed E-state index contributed by atoms with van der Waals surface area (Å²) in [7, 11) is 0. The third-order valence-electron chi connectivity index (χ3n) is 6.03. The summed E-state index contributed by atoms with van der Waals surface area (Å²) in [4.78, 5) is 39.0. The van der Waals surface area contributed by atoms with E-state index in [0.29, 0.717) is 39.3 Å². The lowest BCUT2D eigenvalue weighted by Crippen LogP contribution is -2.44. The van der Waals surface area contributed by atoms with Crippen LogP contribution in [0.4, 0.5) is 0 Å². The van der Waals surface area contributed by atoms with E-state index in [1.165, 1.54) is 17.0 Å². The van der Waals surface area contributed by atoms with Crippen molar-refractivity contribution in [3.63, 3.8) is 0 Å². The Labute approximate surface area is 208 Å². The molecule has 0 radical (unpaired) electrons. The quantitative estimate of drug-likeness (QED) is 0.617. The molecule has 172 valence electrons. The van der Waals surface area contributed by atoms with Crippen molar-refractivity contribution in [1.82, 2.24) is 9.80 Å². The number of Topliss-reactive ketones (excluding diaryl/α,β-unsaturated/α-hetero) is 2. The standard InChI is InChI=1S/C27H30N2O4/c30-21-11-12-24(25(31)15-21)29-17-23-22(27(29)32)5-4-6-26(23)33-18-20-9-7-19(8-10-20)16-28-13-2-1-3-14-28/h4-10,24H,1-3,11-18H2/i1D2,2D2,3D2,13D2,14D2. The molecule has 1 aliphatic carbocycles. The Morgan fingerprint density at radius 2 is 1.73 bits per heavy atom. The molecule has 33 heavy (non-hydrogen) atoms. The zero-order chi connectivity index (χ0) is 31.8. The molecule has 1 atom stereocenters. The Balaban J connectivity index is 1.30. The average molecular weight is 457 g/mol. The Hall–Kier alpha value is -2.99. The van der Waals surface area contributed by atoms with Crippen LogP contribution in [0.3, 0.4) is 0 Å². The Morgan fingerprint density at radius 1 is 0.970 bits per heavy atom. The molecule has 2 aliphatic heterocycles. The minimum absolute atomic E-state index is 0.0679. The Kier molecular flexibility index (Phi) is 3.74. The van der Waals surface area contributed by atoms with Crippen molar-refractivity contribution in [2.24, 2.45) is 0 Å². The first-order chi connectivity index (χ1) is 19.8. The number of fused-ring (bicyclic) bond motifs is 1. The summed E-state index contributed by atoms with van der Waals surface area (Å²) in [5, 5.41) is 0. The number of amides is 1. The molecule has 0 spiro atoms. The van der Waals surface area contributed by atoms with Gasteiger partial charge in [-0.3, -0.25) is 19.3 Å². The molecule has 1 amide bonds. The van der Waals surface area contributed by atoms with Crippen LogP contribution in [-0.4, -0.2) is 46.3 Å². The van der Waals surface area contributed by atoms with Crippen LogP contribution in [0, 0.1) is 0 Å². The third-order valence-corrected chi connectivity index (χ3v) is 6.03. The molecule has 0 N–H and O–H groups in total. The summed E-state index contributed by atoms with van der Waals surface area (Å²) in [5.41, 5.74) is 2.05. The second-order valence-corrected chi connectivity index (χ2v) is 8.24. The molecule has 1 unspecified atom stereocenters. The fourth-order valence-corrected chi connectivity index (χ4v) is 4.32. The molecule has 2 fully saturated rings. The highest BCUT2D eigenvalue weighted by Crippen LogP contribution is 2.34. The van der Waals surface area contributed by atoms with E-state index in [2.05, 4.69) is 0 Å². The Bertz CT molecular complexity index is 1450. The van der Waals surface area contributed by atoms with Gasteiger partial charge in [0.2, 0.25) is 0 Å². The number of likely N-dealkylation sites (tertiary alicyclic amines) is 1. The number of piperidine rings is 1. The minimum atomic E-state index is -3.46. The smallest absolute Gasteiger partial charge is 0.255 e. The number of ketones is 2. The number of hydrogen-bond donors (Lipinski definition) is 0. The van der Waals surface area contributed by atoms with Gasteiger partial charge in [0.15, 0.2) is 5.78 Å². The van der Waals surface area contributed by atoms with E-state index in [1.54, 1.807) is 30.3 Å². The average Bonchev–Trinajstić information content (AvgIpc) is 3.26. The van der Waals surface area contributed by atoms with Gasteiger partial charge in [-0.25, -0.2) is 0 Å². The van der Waals surface area contributed by atoms with Gasteiger partial charge in [-0.1, -0.05) is 36.7 Å². The van der Waals surface area contributed by atoms with Crippen molar-refractivity contribution < 1.29 is 32.8 Å². The van der Waals surface area contributed by atoms with E-state index < -0.39 is 44.7 Å². The fraction of sp³-hybridized carbons (Fsp3) is 0.444. The minimum Gasteiger partial charge on any atom is -0.489 e. The fourth-order valence-electron chi connectivity index (χ4n) is 4.32. The highest BCUT2D eigenvalue weighted by Gasteiger charge is 2.39. The van der Waals surface area contributed by atoms with Gasteiger partial charge in [-0.15, -0.1) is 0 Å². The lowest BCUT2D eigenvalue weighted by atomic mass is 9.92. The van der Waals surface area contributed by atoms with E-state index in [9.17, 15) is 14.4 Å². The van der Waals surface area contributed by atoms with E-state index in [1.807, 2.05) is 0 Å². The van der Waals surface area contributed by atoms with Crippen molar-refractivity contribution >= 4 is 17.5 Å². The molecule has 6 nitrogen and oxygen atoms in total. The van der Waals surface area contributed by atoms with Crippen LogP contribution in [0.5, 0.6) is 5.75 Å². The SMILES string of the molecule is [2H]C1([2H])N(Cc2ccc(COc3cccc4c3CN(C3CCC(=O)CC3=O)C4=O)cc2)C([2H])([2H])C([2H])([2H])C([2H])([2H])C1([2H])[2H]. The molecule has 2 heterocycles. The van der Waals surface area contributed by atoms with Gasteiger partial charge < -0.3 is 9.64 Å². The number of hydrogen-bond acceptors (Lipinski definition) is 5. The number of ether oxygens (including phenoxy) is 1. The normalized spacial score (nSPS) is 33.5. The first-order valence-corrected chi connectivity index (χ1v) is 10.8. The van der Waals surface area contributed by atoms with Crippen LogP contribution >= 0.6 is 0 Å². The van der Waals surface area contributed by atoms with Crippen molar-refractivity contribution in [1.29, 1.82) is 0 Å². The lowest BCUT2D eigenvalue weighted by Gasteiger charge is -2.29. The summed E-state index contributed by atoms with van der Waals surface area (Å²) in [5.74, 6) is -0.239. The predicted molar refractivity (Wildman–Crippen MR) is 124 cm³/mol. The second kappa shape index (κ2) is 9.48. The first kappa shape index (κ1) is 13.0. The van der Waals surface area contributed by atoms with Crippen LogP contribution in [0.2, 0.25) is 0 Å². The molecule has 1 saturated heterocycles. The van der Waals surface area contributed by atoms with Gasteiger partial charge >= 0.3 is 0 Å². The molecule has 2 aromatic rings. The van der Waals surface area contributed by atoms with Crippen LogP contribution in [0.15, 0.2) is 42.5 Å². The predicted octanol–water partition coefficient (Wildman–Crippen LogP) is 3.90. The molecular weight excluding hydrogens is 416 g/mol. The lowest BCUT2D eigenvalue weighted by molar-refractivity contribution is -0.133. The van der Waals surface area contributed by atoms with Crippen molar-refractivity contribution in [2.75, 3.05) is 13.0 Å². The van der Waals surface area contributed by atoms with Gasteiger partial charge in [-0.05, 0) is 55.4 Å². The number of carbonyl (C=O) groups excluding carboxylic acids is 3.